The molecule has 0 spiro atoms. The Morgan fingerprint density at radius 2 is 1.90 bits per heavy atom. The summed E-state index contributed by atoms with van der Waals surface area (Å²) in [5.74, 6) is 0. The number of nitrogens with zero attached hydrogens (tertiary/aromatic N) is 4. The molecule has 0 aliphatic rings. The number of nitro benzene ring substituents is 1. The van der Waals surface area contributed by atoms with Crippen LogP contribution >= 0.6 is 11.6 Å². The lowest BCUT2D eigenvalue weighted by atomic mass is 10.1. The van der Waals surface area contributed by atoms with Crippen LogP contribution in [0.1, 0.15) is 5.56 Å². The summed E-state index contributed by atoms with van der Waals surface area (Å²) in [7, 11) is 4.71. The molecule has 21 heavy (non-hydrogen) atoms. The van der Waals surface area contributed by atoms with E-state index in [4.69, 9.17) is 11.6 Å². The molecule has 0 saturated heterocycles. The van der Waals surface area contributed by atoms with Gasteiger partial charge in [-0.05, 0) is 6.07 Å². The van der Waals surface area contributed by atoms with Crippen molar-refractivity contribution in [3.05, 3.63) is 32.8 Å². The van der Waals surface area contributed by atoms with Crippen LogP contribution in [0.15, 0.2) is 17.2 Å². The van der Waals surface area contributed by atoms with Gasteiger partial charge in [-0.15, -0.1) is 0 Å². The zero-order valence-electron chi connectivity index (χ0n) is 11.3. The third-order valence-electron chi connectivity index (χ3n) is 2.37. The highest BCUT2D eigenvalue weighted by molar-refractivity contribution is 6.31. The number of hydrogen-bond acceptors (Lipinski definition) is 4. The smallest absolute Gasteiger partial charge is 0.367 e. The van der Waals surface area contributed by atoms with Gasteiger partial charge in [-0.1, -0.05) is 11.6 Å². The molecule has 1 rings (SSSR count). The van der Waals surface area contributed by atoms with Crippen LogP contribution in [0.5, 0.6) is 0 Å². The molecule has 0 aliphatic carbocycles. The monoisotopic (exact) mass is 324 g/mol. The maximum absolute atomic E-state index is 12.7. The van der Waals surface area contributed by atoms with Gasteiger partial charge in [0.2, 0.25) is 0 Å². The Morgan fingerprint density at radius 3 is 2.33 bits per heavy atom. The lowest BCUT2D eigenvalue weighted by Gasteiger charge is -2.16. The van der Waals surface area contributed by atoms with Crippen LogP contribution in [0.3, 0.4) is 0 Å². The molecule has 6 nitrogen and oxygen atoms in total. The van der Waals surface area contributed by atoms with Crippen LogP contribution in [-0.4, -0.2) is 37.3 Å². The van der Waals surface area contributed by atoms with Gasteiger partial charge in [0.25, 0.3) is 5.69 Å². The molecule has 0 saturated carbocycles. The molecule has 1 aromatic carbocycles. The van der Waals surface area contributed by atoms with Crippen molar-refractivity contribution in [3.63, 3.8) is 0 Å². The first-order chi connectivity index (χ1) is 9.54. The second-order valence-electron chi connectivity index (χ2n) is 4.29. The van der Waals surface area contributed by atoms with Crippen LogP contribution in [-0.2, 0) is 6.18 Å². The molecule has 0 aliphatic heterocycles. The van der Waals surface area contributed by atoms with E-state index in [2.05, 4.69) is 5.10 Å². The third kappa shape index (κ3) is 4.22. The van der Waals surface area contributed by atoms with Gasteiger partial charge in [0.15, 0.2) is 0 Å². The second kappa shape index (κ2) is 6.17. The Labute approximate surface area is 123 Å². The second-order valence-corrected chi connectivity index (χ2v) is 4.70. The predicted octanol–water partition coefficient (Wildman–Crippen LogP) is 3.21. The Morgan fingerprint density at radius 1 is 1.33 bits per heavy atom. The largest absolute Gasteiger partial charge is 0.418 e. The van der Waals surface area contributed by atoms with Crippen LogP contribution in [0, 0.1) is 10.1 Å². The molecule has 0 radical (unpaired) electrons. The van der Waals surface area contributed by atoms with E-state index in [9.17, 15) is 23.3 Å². The Hall–Kier alpha value is -2.03. The number of hydrazone groups is 1. The van der Waals surface area contributed by atoms with E-state index in [-0.39, 0.29) is 5.69 Å². The van der Waals surface area contributed by atoms with Gasteiger partial charge >= 0.3 is 6.18 Å². The van der Waals surface area contributed by atoms with Gasteiger partial charge in [0, 0.05) is 27.2 Å². The fourth-order valence-electron chi connectivity index (χ4n) is 1.42. The summed E-state index contributed by atoms with van der Waals surface area (Å²) in [5, 5.41) is 15.3. The molecule has 0 unspecified atom stereocenters. The predicted molar refractivity (Wildman–Crippen MR) is 73.7 cm³/mol. The number of anilines is 1. The molecule has 0 aromatic heterocycles. The molecular formula is C11H12ClF3N4O2. The van der Waals surface area contributed by atoms with E-state index in [1.807, 2.05) is 0 Å². The maximum Gasteiger partial charge on any atom is 0.418 e. The van der Waals surface area contributed by atoms with Crippen LogP contribution in [0.25, 0.3) is 0 Å². The molecular weight excluding hydrogens is 313 g/mol. The minimum Gasteiger partial charge on any atom is -0.367 e. The Bertz CT molecular complexity index is 575. The molecule has 0 atom stereocenters. The van der Waals surface area contributed by atoms with Gasteiger partial charge in [-0.25, -0.2) is 0 Å². The lowest BCUT2D eigenvalue weighted by Crippen LogP contribution is -2.17. The summed E-state index contributed by atoms with van der Waals surface area (Å²) in [6.07, 6.45) is -3.43. The SMILES string of the molecule is CN(C)/C=N\N(C)c1cc(Cl)c(C(F)(F)F)cc1[N+](=O)[O-]. The number of nitro groups is 1. The van der Waals surface area contributed by atoms with Crippen molar-refractivity contribution >= 4 is 29.3 Å². The first-order valence-electron chi connectivity index (χ1n) is 5.53. The van der Waals surface area contributed by atoms with E-state index in [1.54, 1.807) is 19.0 Å². The molecule has 0 N–H and O–H groups in total. The number of alkyl halides is 3. The number of halogens is 4. The molecule has 116 valence electrons. The number of hydrogen-bond donors (Lipinski definition) is 0. The van der Waals surface area contributed by atoms with E-state index < -0.39 is 27.4 Å². The number of rotatable bonds is 4. The summed E-state index contributed by atoms with van der Waals surface area (Å²) in [4.78, 5) is 11.6. The summed E-state index contributed by atoms with van der Waals surface area (Å²) >= 11 is 5.57. The van der Waals surface area contributed by atoms with E-state index >= 15 is 0 Å². The van der Waals surface area contributed by atoms with Crippen LogP contribution in [0.2, 0.25) is 5.02 Å². The van der Waals surface area contributed by atoms with Crippen molar-refractivity contribution < 1.29 is 18.1 Å². The highest BCUT2D eigenvalue weighted by Crippen LogP contribution is 2.41. The standard InChI is InChI=1S/C11H12ClF3N4O2/c1-17(2)6-16-18(3)9-5-8(12)7(11(13,14)15)4-10(9)19(20)21/h4-6H,1-3H3/b16-6-. The van der Waals surface area contributed by atoms with Crippen LogP contribution < -0.4 is 5.01 Å². The Kier molecular flexibility index (Phi) is 5.00. The van der Waals surface area contributed by atoms with Gasteiger partial charge in [-0.2, -0.15) is 18.3 Å². The zero-order valence-corrected chi connectivity index (χ0v) is 12.1. The molecule has 0 bridgehead atoms. The van der Waals surface area contributed by atoms with Gasteiger partial charge < -0.3 is 4.90 Å². The zero-order chi connectivity index (χ0) is 16.4. The fraction of sp³-hybridized carbons (Fsp3) is 0.364. The lowest BCUT2D eigenvalue weighted by molar-refractivity contribution is -0.384. The average Bonchev–Trinajstić information content (AvgIpc) is 2.33. The summed E-state index contributed by atoms with van der Waals surface area (Å²) in [6, 6.07) is 1.27. The van der Waals surface area contributed by atoms with Crippen molar-refractivity contribution in [2.45, 2.75) is 6.18 Å². The fourth-order valence-corrected chi connectivity index (χ4v) is 1.68. The summed E-state index contributed by atoms with van der Waals surface area (Å²) in [6.45, 7) is 0. The summed E-state index contributed by atoms with van der Waals surface area (Å²) in [5.41, 5.74) is -2.13. The average molecular weight is 325 g/mol. The van der Waals surface area contributed by atoms with Crippen molar-refractivity contribution in [1.29, 1.82) is 0 Å². The van der Waals surface area contributed by atoms with E-state index in [1.165, 1.54) is 13.4 Å². The highest BCUT2D eigenvalue weighted by Gasteiger charge is 2.36. The highest BCUT2D eigenvalue weighted by atomic mass is 35.5. The van der Waals surface area contributed by atoms with Crippen molar-refractivity contribution in [1.82, 2.24) is 4.90 Å². The van der Waals surface area contributed by atoms with Crippen molar-refractivity contribution in [2.75, 3.05) is 26.2 Å². The van der Waals surface area contributed by atoms with E-state index in [0.29, 0.717) is 6.07 Å². The van der Waals surface area contributed by atoms with Gasteiger partial charge in [-0.3, -0.25) is 15.1 Å². The third-order valence-corrected chi connectivity index (χ3v) is 2.68. The van der Waals surface area contributed by atoms with Crippen molar-refractivity contribution in [3.8, 4) is 0 Å². The topological polar surface area (TPSA) is 62.0 Å². The molecule has 0 heterocycles. The summed E-state index contributed by atoms with van der Waals surface area (Å²) < 4.78 is 38.2. The molecule has 0 fully saturated rings. The van der Waals surface area contributed by atoms with Gasteiger partial charge in [0.1, 0.15) is 12.0 Å². The molecule has 1 aromatic rings. The minimum atomic E-state index is -4.77. The van der Waals surface area contributed by atoms with Crippen LogP contribution in [0.4, 0.5) is 24.5 Å². The quantitative estimate of drug-likeness (QED) is 0.369. The molecule has 10 heteroatoms. The minimum absolute atomic E-state index is 0.142. The normalized spacial score (nSPS) is 11.8. The van der Waals surface area contributed by atoms with E-state index in [0.717, 1.165) is 11.1 Å². The Balaban J connectivity index is 3.40. The van der Waals surface area contributed by atoms with Crippen molar-refractivity contribution in [2.24, 2.45) is 5.10 Å². The number of benzene rings is 1. The van der Waals surface area contributed by atoms with Gasteiger partial charge in [0.05, 0.1) is 15.5 Å². The first-order valence-corrected chi connectivity index (χ1v) is 5.91. The maximum atomic E-state index is 12.7. The first kappa shape index (κ1) is 17.0. The molecule has 0 amide bonds.